The molecule has 2 aromatic carbocycles. The molecule has 0 bridgehead atoms. The van der Waals surface area contributed by atoms with E-state index in [1.54, 1.807) is 49.6 Å². The molecule has 0 fully saturated rings. The summed E-state index contributed by atoms with van der Waals surface area (Å²) in [5, 5.41) is 5.70. The molecule has 0 radical (unpaired) electrons. The lowest BCUT2D eigenvalue weighted by atomic mass is 10.1. The highest BCUT2D eigenvalue weighted by Gasteiger charge is 2.12. The SMILES string of the molecule is COc1cc(C(=O)Nc2ccc(NC(=O)CC(C)C)cc2)ccc1OCCC(C)C. The van der Waals surface area contributed by atoms with Crippen LogP contribution in [0.1, 0.15) is 50.9 Å². The summed E-state index contributed by atoms with van der Waals surface area (Å²) in [6.07, 6.45) is 1.41. The fourth-order valence-electron chi connectivity index (χ4n) is 2.76. The molecule has 0 aliphatic rings. The van der Waals surface area contributed by atoms with Gasteiger partial charge in [0.05, 0.1) is 13.7 Å². The quantitative estimate of drug-likeness (QED) is 0.551. The van der Waals surface area contributed by atoms with Crippen LogP contribution in [0.4, 0.5) is 11.4 Å². The van der Waals surface area contributed by atoms with Crippen LogP contribution in [0.5, 0.6) is 11.5 Å². The molecule has 6 nitrogen and oxygen atoms in total. The van der Waals surface area contributed by atoms with Crippen molar-refractivity contribution in [2.75, 3.05) is 24.4 Å². The molecule has 30 heavy (non-hydrogen) atoms. The summed E-state index contributed by atoms with van der Waals surface area (Å²) in [6, 6.07) is 12.2. The summed E-state index contributed by atoms with van der Waals surface area (Å²) < 4.78 is 11.1. The van der Waals surface area contributed by atoms with E-state index >= 15 is 0 Å². The van der Waals surface area contributed by atoms with Gasteiger partial charge in [0.2, 0.25) is 5.91 Å². The predicted octanol–water partition coefficient (Wildman–Crippen LogP) is 5.36. The van der Waals surface area contributed by atoms with Crippen molar-refractivity contribution in [3.05, 3.63) is 48.0 Å². The highest BCUT2D eigenvalue weighted by atomic mass is 16.5. The zero-order valence-electron chi connectivity index (χ0n) is 18.5. The predicted molar refractivity (Wildman–Crippen MR) is 120 cm³/mol. The highest BCUT2D eigenvalue weighted by molar-refractivity contribution is 6.04. The Balaban J connectivity index is 1.99. The van der Waals surface area contributed by atoms with Crippen LogP contribution in [-0.4, -0.2) is 25.5 Å². The number of rotatable bonds is 10. The Morgan fingerprint density at radius 3 is 2.07 bits per heavy atom. The van der Waals surface area contributed by atoms with E-state index in [-0.39, 0.29) is 11.8 Å². The lowest BCUT2D eigenvalue weighted by molar-refractivity contribution is -0.116. The van der Waals surface area contributed by atoms with Crippen molar-refractivity contribution in [3.8, 4) is 11.5 Å². The highest BCUT2D eigenvalue weighted by Crippen LogP contribution is 2.29. The minimum absolute atomic E-state index is 0.0235. The molecule has 0 spiro atoms. The third-order valence-corrected chi connectivity index (χ3v) is 4.40. The lowest BCUT2D eigenvalue weighted by Crippen LogP contribution is -2.14. The van der Waals surface area contributed by atoms with E-state index in [1.165, 1.54) is 0 Å². The first kappa shape index (κ1) is 23.3. The molecule has 0 atom stereocenters. The summed E-state index contributed by atoms with van der Waals surface area (Å²) >= 11 is 0. The van der Waals surface area contributed by atoms with Crippen LogP contribution in [-0.2, 0) is 4.79 Å². The zero-order valence-corrected chi connectivity index (χ0v) is 18.5. The maximum absolute atomic E-state index is 12.6. The standard InChI is InChI=1S/C24H32N2O4/c1-16(2)12-13-30-21-11-6-18(15-22(21)29-5)24(28)26-20-9-7-19(8-10-20)25-23(27)14-17(3)4/h6-11,15-17H,12-14H2,1-5H3,(H,25,27)(H,26,28). The average molecular weight is 413 g/mol. The number of nitrogens with one attached hydrogen (secondary N) is 2. The number of carbonyl (C=O) groups is 2. The fourth-order valence-corrected chi connectivity index (χ4v) is 2.76. The van der Waals surface area contributed by atoms with Crippen LogP contribution in [0, 0.1) is 11.8 Å². The van der Waals surface area contributed by atoms with Gasteiger partial charge in [-0.25, -0.2) is 0 Å². The Kier molecular flexibility index (Phi) is 8.71. The van der Waals surface area contributed by atoms with Crippen LogP contribution < -0.4 is 20.1 Å². The van der Waals surface area contributed by atoms with E-state index in [0.29, 0.717) is 53.3 Å². The third-order valence-electron chi connectivity index (χ3n) is 4.40. The van der Waals surface area contributed by atoms with Crippen molar-refractivity contribution in [2.24, 2.45) is 11.8 Å². The lowest BCUT2D eigenvalue weighted by Gasteiger charge is -2.13. The Morgan fingerprint density at radius 2 is 1.50 bits per heavy atom. The molecule has 2 rings (SSSR count). The van der Waals surface area contributed by atoms with Crippen molar-refractivity contribution < 1.29 is 19.1 Å². The van der Waals surface area contributed by atoms with Gasteiger partial charge in [0.15, 0.2) is 11.5 Å². The number of anilines is 2. The van der Waals surface area contributed by atoms with Crippen molar-refractivity contribution in [2.45, 2.75) is 40.5 Å². The Labute approximate surface area is 179 Å². The number of benzene rings is 2. The van der Waals surface area contributed by atoms with E-state index in [1.807, 2.05) is 13.8 Å². The van der Waals surface area contributed by atoms with E-state index in [0.717, 1.165) is 6.42 Å². The van der Waals surface area contributed by atoms with Gasteiger partial charge >= 0.3 is 0 Å². The van der Waals surface area contributed by atoms with Gasteiger partial charge in [0.25, 0.3) is 5.91 Å². The maximum atomic E-state index is 12.6. The minimum atomic E-state index is -0.251. The normalized spacial score (nSPS) is 10.8. The van der Waals surface area contributed by atoms with Gasteiger partial charge in [-0.05, 0) is 60.7 Å². The number of amides is 2. The van der Waals surface area contributed by atoms with Crippen molar-refractivity contribution in [3.63, 3.8) is 0 Å². The smallest absolute Gasteiger partial charge is 0.255 e. The Hall–Kier alpha value is -3.02. The molecule has 2 N–H and O–H groups in total. The molecule has 0 saturated heterocycles. The third kappa shape index (κ3) is 7.43. The fraction of sp³-hybridized carbons (Fsp3) is 0.417. The molecule has 0 unspecified atom stereocenters. The van der Waals surface area contributed by atoms with E-state index in [4.69, 9.17) is 9.47 Å². The molecule has 0 aliphatic carbocycles. The topological polar surface area (TPSA) is 76.7 Å². The van der Waals surface area contributed by atoms with Gasteiger partial charge < -0.3 is 20.1 Å². The molecule has 0 saturated carbocycles. The number of methoxy groups -OCH3 is 1. The van der Waals surface area contributed by atoms with Crippen LogP contribution >= 0.6 is 0 Å². The Bertz CT molecular complexity index is 845. The summed E-state index contributed by atoms with van der Waals surface area (Å²) in [5.41, 5.74) is 1.80. The first-order chi connectivity index (χ1) is 14.3. The number of ether oxygens (including phenoxy) is 2. The van der Waals surface area contributed by atoms with Crippen LogP contribution in [0.25, 0.3) is 0 Å². The van der Waals surface area contributed by atoms with Crippen molar-refractivity contribution in [1.82, 2.24) is 0 Å². The second-order valence-corrected chi connectivity index (χ2v) is 8.07. The molecular formula is C24H32N2O4. The Morgan fingerprint density at radius 1 is 0.867 bits per heavy atom. The second kappa shape index (κ2) is 11.2. The van der Waals surface area contributed by atoms with Gasteiger partial charge in [0.1, 0.15) is 0 Å². The molecule has 2 amide bonds. The molecular weight excluding hydrogens is 380 g/mol. The van der Waals surface area contributed by atoms with Crippen LogP contribution in [0.2, 0.25) is 0 Å². The molecule has 6 heteroatoms. The number of carbonyl (C=O) groups excluding carboxylic acids is 2. The second-order valence-electron chi connectivity index (χ2n) is 8.07. The first-order valence-electron chi connectivity index (χ1n) is 10.3. The number of hydrogen-bond acceptors (Lipinski definition) is 4. The first-order valence-corrected chi connectivity index (χ1v) is 10.3. The average Bonchev–Trinajstić information content (AvgIpc) is 2.68. The van der Waals surface area contributed by atoms with Crippen molar-refractivity contribution in [1.29, 1.82) is 0 Å². The van der Waals surface area contributed by atoms with Gasteiger partial charge in [0, 0.05) is 23.4 Å². The van der Waals surface area contributed by atoms with Gasteiger partial charge in [-0.3, -0.25) is 9.59 Å². The van der Waals surface area contributed by atoms with Crippen LogP contribution in [0.15, 0.2) is 42.5 Å². The summed E-state index contributed by atoms with van der Waals surface area (Å²) in [5.74, 6) is 1.72. The van der Waals surface area contributed by atoms with Gasteiger partial charge in [-0.2, -0.15) is 0 Å². The van der Waals surface area contributed by atoms with Gasteiger partial charge in [-0.1, -0.05) is 27.7 Å². The molecule has 0 aliphatic heterocycles. The van der Waals surface area contributed by atoms with E-state index in [9.17, 15) is 9.59 Å². The molecule has 2 aromatic rings. The van der Waals surface area contributed by atoms with Gasteiger partial charge in [-0.15, -0.1) is 0 Å². The monoisotopic (exact) mass is 412 g/mol. The number of hydrogen-bond donors (Lipinski definition) is 2. The zero-order chi connectivity index (χ0) is 22.1. The van der Waals surface area contributed by atoms with Crippen molar-refractivity contribution >= 4 is 23.2 Å². The minimum Gasteiger partial charge on any atom is -0.493 e. The van der Waals surface area contributed by atoms with E-state index < -0.39 is 0 Å². The largest absolute Gasteiger partial charge is 0.493 e. The summed E-state index contributed by atoms with van der Waals surface area (Å²) in [7, 11) is 1.55. The molecule has 0 heterocycles. The molecule has 162 valence electrons. The van der Waals surface area contributed by atoms with Crippen LogP contribution in [0.3, 0.4) is 0 Å². The maximum Gasteiger partial charge on any atom is 0.255 e. The molecule has 0 aromatic heterocycles. The summed E-state index contributed by atoms with van der Waals surface area (Å²) in [4.78, 5) is 24.5. The summed E-state index contributed by atoms with van der Waals surface area (Å²) in [6.45, 7) is 8.87. The van der Waals surface area contributed by atoms with E-state index in [2.05, 4.69) is 24.5 Å².